The summed E-state index contributed by atoms with van der Waals surface area (Å²) in [5, 5.41) is 3.92. The van der Waals surface area contributed by atoms with Crippen LogP contribution in [0.5, 0.6) is 0 Å². The van der Waals surface area contributed by atoms with E-state index in [0.717, 1.165) is 19.4 Å². The lowest BCUT2D eigenvalue weighted by molar-refractivity contribution is 0.180. The number of hydrogen-bond acceptors (Lipinski definition) is 2. The van der Waals surface area contributed by atoms with Gasteiger partial charge in [0.25, 0.3) is 0 Å². The summed E-state index contributed by atoms with van der Waals surface area (Å²) in [6, 6.07) is 1.02. The Kier molecular flexibility index (Phi) is 5.83. The first kappa shape index (κ1) is 12.3. The molecule has 0 bridgehead atoms. The zero-order valence-corrected chi connectivity index (χ0v) is 10.0. The predicted octanol–water partition coefficient (Wildman–Crippen LogP) is 2.55. The Morgan fingerprint density at radius 1 is 1.43 bits per heavy atom. The lowest BCUT2D eigenvalue weighted by atomic mass is 9.94. The molecule has 1 aliphatic rings. The summed E-state index contributed by atoms with van der Waals surface area (Å²) < 4.78 is 5.06. The molecule has 1 fully saturated rings. The molecule has 0 aliphatic heterocycles. The predicted molar refractivity (Wildman–Crippen MR) is 61.0 cm³/mol. The summed E-state index contributed by atoms with van der Waals surface area (Å²) in [6.45, 7) is 3.03. The van der Waals surface area contributed by atoms with Gasteiger partial charge in [-0.15, -0.1) is 11.6 Å². The lowest BCUT2D eigenvalue weighted by Gasteiger charge is -2.30. The highest BCUT2D eigenvalue weighted by Gasteiger charge is 2.23. The number of hydrogen-bond donors (Lipinski definition) is 1. The summed E-state index contributed by atoms with van der Waals surface area (Å²) in [7, 11) is 1.75. The maximum Gasteiger partial charge on any atom is 0.0489 e. The van der Waals surface area contributed by atoms with Crippen LogP contribution >= 0.6 is 11.6 Å². The van der Waals surface area contributed by atoms with Crippen LogP contribution in [0.1, 0.15) is 39.0 Å². The van der Waals surface area contributed by atoms with Gasteiger partial charge >= 0.3 is 0 Å². The number of ether oxygens (including phenoxy) is 1. The molecule has 84 valence electrons. The monoisotopic (exact) mass is 219 g/mol. The molecular formula is C11H22ClNO. The van der Waals surface area contributed by atoms with Gasteiger partial charge in [0.15, 0.2) is 0 Å². The molecule has 0 radical (unpaired) electrons. The van der Waals surface area contributed by atoms with E-state index in [1.807, 2.05) is 0 Å². The van der Waals surface area contributed by atoms with Gasteiger partial charge in [-0.2, -0.15) is 0 Å². The Bertz CT molecular complexity index is 154. The first-order valence-electron chi connectivity index (χ1n) is 5.63. The average Bonchev–Trinajstić information content (AvgIpc) is 2.18. The van der Waals surface area contributed by atoms with Crippen molar-refractivity contribution in [3.05, 3.63) is 0 Å². The first-order valence-corrected chi connectivity index (χ1v) is 6.06. The Labute approximate surface area is 92.3 Å². The van der Waals surface area contributed by atoms with Crippen LogP contribution in [0.3, 0.4) is 0 Å². The molecule has 3 unspecified atom stereocenters. The molecule has 0 aromatic carbocycles. The Morgan fingerprint density at radius 3 is 2.79 bits per heavy atom. The van der Waals surface area contributed by atoms with E-state index in [-0.39, 0.29) is 0 Å². The van der Waals surface area contributed by atoms with E-state index in [1.54, 1.807) is 7.11 Å². The van der Waals surface area contributed by atoms with E-state index >= 15 is 0 Å². The molecule has 1 rings (SSSR count). The van der Waals surface area contributed by atoms with Crippen molar-refractivity contribution in [2.75, 3.05) is 13.7 Å². The quantitative estimate of drug-likeness (QED) is 0.718. The highest BCUT2D eigenvalue weighted by Crippen LogP contribution is 2.23. The highest BCUT2D eigenvalue weighted by atomic mass is 35.5. The van der Waals surface area contributed by atoms with Crippen LogP contribution in [0.2, 0.25) is 0 Å². The second-order valence-corrected chi connectivity index (χ2v) is 4.82. The van der Waals surface area contributed by atoms with Gasteiger partial charge in [-0.1, -0.05) is 12.8 Å². The van der Waals surface area contributed by atoms with Gasteiger partial charge in [0.05, 0.1) is 0 Å². The number of methoxy groups -OCH3 is 1. The van der Waals surface area contributed by atoms with Crippen LogP contribution in [0.4, 0.5) is 0 Å². The molecule has 0 spiro atoms. The zero-order chi connectivity index (χ0) is 10.4. The van der Waals surface area contributed by atoms with E-state index in [1.165, 1.54) is 19.3 Å². The largest absolute Gasteiger partial charge is 0.385 e. The second kappa shape index (κ2) is 6.65. The first-order chi connectivity index (χ1) is 6.74. The van der Waals surface area contributed by atoms with Crippen molar-refractivity contribution in [3.8, 4) is 0 Å². The minimum Gasteiger partial charge on any atom is -0.385 e. The molecule has 0 aromatic heterocycles. The molecule has 0 amide bonds. The molecule has 1 N–H and O–H groups in total. The van der Waals surface area contributed by atoms with Gasteiger partial charge in [-0.05, 0) is 26.2 Å². The van der Waals surface area contributed by atoms with Gasteiger partial charge in [0.1, 0.15) is 0 Å². The van der Waals surface area contributed by atoms with Crippen molar-refractivity contribution in [3.63, 3.8) is 0 Å². The third kappa shape index (κ3) is 4.16. The molecule has 3 atom stereocenters. The minimum atomic E-state index is 0.328. The van der Waals surface area contributed by atoms with Crippen LogP contribution in [0, 0.1) is 0 Å². The van der Waals surface area contributed by atoms with Gasteiger partial charge in [0, 0.05) is 31.2 Å². The van der Waals surface area contributed by atoms with E-state index in [4.69, 9.17) is 16.3 Å². The normalized spacial score (nSPS) is 30.2. The van der Waals surface area contributed by atoms with Crippen molar-refractivity contribution in [1.29, 1.82) is 0 Å². The van der Waals surface area contributed by atoms with Crippen molar-refractivity contribution in [2.24, 2.45) is 0 Å². The zero-order valence-electron chi connectivity index (χ0n) is 9.26. The average molecular weight is 220 g/mol. The molecule has 0 heterocycles. The molecule has 1 saturated carbocycles. The summed E-state index contributed by atoms with van der Waals surface area (Å²) in [5.41, 5.74) is 0. The molecule has 3 heteroatoms. The fraction of sp³-hybridized carbons (Fsp3) is 1.00. The van der Waals surface area contributed by atoms with Gasteiger partial charge in [0.2, 0.25) is 0 Å². The summed E-state index contributed by atoms with van der Waals surface area (Å²) >= 11 is 6.27. The fourth-order valence-corrected chi connectivity index (χ4v) is 2.37. The maximum absolute atomic E-state index is 6.27. The fourth-order valence-electron chi connectivity index (χ4n) is 2.02. The number of halogens is 1. The van der Waals surface area contributed by atoms with Crippen LogP contribution in [0.25, 0.3) is 0 Å². The molecule has 14 heavy (non-hydrogen) atoms. The number of alkyl halides is 1. The van der Waals surface area contributed by atoms with Crippen molar-refractivity contribution in [2.45, 2.75) is 56.5 Å². The topological polar surface area (TPSA) is 21.3 Å². The third-order valence-electron chi connectivity index (χ3n) is 2.94. The van der Waals surface area contributed by atoms with Gasteiger partial charge < -0.3 is 10.1 Å². The summed E-state index contributed by atoms with van der Waals surface area (Å²) in [6.07, 6.45) is 6.06. The van der Waals surface area contributed by atoms with Crippen LogP contribution in [-0.2, 0) is 4.74 Å². The van der Waals surface area contributed by atoms with Gasteiger partial charge in [-0.25, -0.2) is 0 Å². The van der Waals surface area contributed by atoms with Crippen molar-refractivity contribution >= 4 is 11.6 Å². The highest BCUT2D eigenvalue weighted by molar-refractivity contribution is 6.21. The van der Waals surface area contributed by atoms with Crippen LogP contribution in [0.15, 0.2) is 0 Å². The molecule has 2 nitrogen and oxygen atoms in total. The number of rotatable bonds is 5. The maximum atomic E-state index is 6.27. The smallest absolute Gasteiger partial charge is 0.0489 e. The Hall–Kier alpha value is 0.210. The number of nitrogens with one attached hydrogen (secondary N) is 1. The molecule has 0 aromatic rings. The van der Waals surface area contributed by atoms with E-state index in [2.05, 4.69) is 12.2 Å². The lowest BCUT2D eigenvalue weighted by Crippen LogP contribution is -2.44. The minimum absolute atomic E-state index is 0.328. The summed E-state index contributed by atoms with van der Waals surface area (Å²) in [5.74, 6) is 0. The Balaban J connectivity index is 2.20. The Morgan fingerprint density at radius 2 is 2.14 bits per heavy atom. The summed E-state index contributed by atoms with van der Waals surface area (Å²) in [4.78, 5) is 0. The van der Waals surface area contributed by atoms with E-state index < -0.39 is 0 Å². The van der Waals surface area contributed by atoms with E-state index in [9.17, 15) is 0 Å². The standard InChI is InChI=1S/C11H22ClNO/c1-9(7-8-14-2)13-11-6-4-3-5-10(11)12/h9-11,13H,3-8H2,1-2H3. The van der Waals surface area contributed by atoms with Crippen LogP contribution in [-0.4, -0.2) is 31.2 Å². The SMILES string of the molecule is COCCC(C)NC1CCCCC1Cl. The molecule has 0 saturated heterocycles. The van der Waals surface area contributed by atoms with E-state index in [0.29, 0.717) is 17.5 Å². The van der Waals surface area contributed by atoms with Crippen molar-refractivity contribution in [1.82, 2.24) is 5.32 Å². The van der Waals surface area contributed by atoms with Gasteiger partial charge in [-0.3, -0.25) is 0 Å². The van der Waals surface area contributed by atoms with Crippen molar-refractivity contribution < 1.29 is 4.74 Å². The molecular weight excluding hydrogens is 198 g/mol. The van der Waals surface area contributed by atoms with Crippen LogP contribution < -0.4 is 5.32 Å². The second-order valence-electron chi connectivity index (χ2n) is 4.26. The third-order valence-corrected chi connectivity index (χ3v) is 3.46. The molecule has 1 aliphatic carbocycles.